The van der Waals surface area contributed by atoms with Gasteiger partial charge in [0.1, 0.15) is 6.54 Å². The number of esters is 1. The number of hydrogen-bond acceptors (Lipinski definition) is 3. The number of methoxy groups -OCH3 is 1. The van der Waals surface area contributed by atoms with E-state index in [4.69, 9.17) is 0 Å². The summed E-state index contributed by atoms with van der Waals surface area (Å²) >= 11 is 3.34. The fraction of sp³-hybridized carbons (Fsp3) is 0.273. The minimum atomic E-state index is -0.471. The van der Waals surface area contributed by atoms with Crippen LogP contribution in [0.5, 0.6) is 0 Å². The normalized spacial score (nSPS) is 9.69. The lowest BCUT2D eigenvalue weighted by Crippen LogP contribution is -2.30. The summed E-state index contributed by atoms with van der Waals surface area (Å²) < 4.78 is 5.29. The SMILES string of the molecule is COC(=O)CNC(=O)c1cccc(Br)c1C. The molecular weight excluding hydrogens is 274 g/mol. The molecule has 0 unspecified atom stereocenters. The molecule has 0 saturated heterocycles. The van der Waals surface area contributed by atoms with E-state index in [0.29, 0.717) is 5.56 Å². The molecule has 1 aromatic rings. The first-order chi connectivity index (χ1) is 7.56. The smallest absolute Gasteiger partial charge is 0.325 e. The fourth-order valence-corrected chi connectivity index (χ4v) is 1.54. The van der Waals surface area contributed by atoms with Crippen LogP contribution in [0.1, 0.15) is 15.9 Å². The van der Waals surface area contributed by atoms with Crippen LogP contribution >= 0.6 is 15.9 Å². The van der Waals surface area contributed by atoms with Crippen molar-refractivity contribution >= 4 is 27.8 Å². The van der Waals surface area contributed by atoms with Crippen LogP contribution in [0.3, 0.4) is 0 Å². The second kappa shape index (κ2) is 5.65. The van der Waals surface area contributed by atoms with Crippen LogP contribution in [0.15, 0.2) is 22.7 Å². The molecule has 0 radical (unpaired) electrons. The number of carbonyl (C=O) groups excluding carboxylic acids is 2. The van der Waals surface area contributed by atoms with Crippen molar-refractivity contribution in [2.75, 3.05) is 13.7 Å². The Labute approximate surface area is 102 Å². The third kappa shape index (κ3) is 3.06. The van der Waals surface area contributed by atoms with E-state index in [9.17, 15) is 9.59 Å². The molecule has 0 atom stereocenters. The minimum Gasteiger partial charge on any atom is -0.468 e. The molecule has 1 aromatic carbocycles. The van der Waals surface area contributed by atoms with Crippen molar-refractivity contribution in [3.8, 4) is 0 Å². The van der Waals surface area contributed by atoms with Crippen LogP contribution < -0.4 is 5.32 Å². The number of amides is 1. The second-order valence-corrected chi connectivity index (χ2v) is 4.03. The highest BCUT2D eigenvalue weighted by Gasteiger charge is 2.11. The highest BCUT2D eigenvalue weighted by atomic mass is 79.9. The predicted octanol–water partition coefficient (Wildman–Crippen LogP) is 1.66. The standard InChI is InChI=1S/C11H12BrNO3/c1-7-8(4-3-5-9(7)12)11(15)13-6-10(14)16-2/h3-5H,6H2,1-2H3,(H,13,15). The molecule has 1 rings (SSSR count). The first kappa shape index (κ1) is 12.7. The first-order valence-electron chi connectivity index (χ1n) is 4.66. The van der Waals surface area contributed by atoms with Crippen LogP contribution in [0.4, 0.5) is 0 Å². The maximum absolute atomic E-state index is 11.7. The molecule has 4 nitrogen and oxygen atoms in total. The molecule has 1 N–H and O–H groups in total. The average molecular weight is 286 g/mol. The molecule has 1 amide bonds. The van der Waals surface area contributed by atoms with Gasteiger partial charge in [0.2, 0.25) is 0 Å². The van der Waals surface area contributed by atoms with Crippen molar-refractivity contribution in [2.45, 2.75) is 6.92 Å². The van der Waals surface area contributed by atoms with Gasteiger partial charge in [0, 0.05) is 10.0 Å². The fourth-order valence-electron chi connectivity index (χ4n) is 1.17. The molecule has 0 bridgehead atoms. The van der Waals surface area contributed by atoms with Gasteiger partial charge in [-0.2, -0.15) is 0 Å². The zero-order valence-electron chi connectivity index (χ0n) is 9.04. The van der Waals surface area contributed by atoms with E-state index >= 15 is 0 Å². The van der Waals surface area contributed by atoms with Gasteiger partial charge < -0.3 is 10.1 Å². The van der Waals surface area contributed by atoms with Gasteiger partial charge in [0.05, 0.1) is 7.11 Å². The molecule has 0 saturated carbocycles. The molecule has 0 aliphatic heterocycles. The lowest BCUT2D eigenvalue weighted by molar-refractivity contribution is -0.139. The number of hydrogen-bond donors (Lipinski definition) is 1. The summed E-state index contributed by atoms with van der Waals surface area (Å²) in [6.45, 7) is 1.71. The Morgan fingerprint density at radius 2 is 2.12 bits per heavy atom. The predicted molar refractivity (Wildman–Crippen MR) is 63.2 cm³/mol. The van der Waals surface area contributed by atoms with Crippen molar-refractivity contribution in [3.05, 3.63) is 33.8 Å². The van der Waals surface area contributed by atoms with Crippen LogP contribution in [0.2, 0.25) is 0 Å². The van der Waals surface area contributed by atoms with Gasteiger partial charge in [-0.25, -0.2) is 0 Å². The van der Waals surface area contributed by atoms with Gasteiger partial charge in [-0.3, -0.25) is 9.59 Å². The number of ether oxygens (including phenoxy) is 1. The number of carbonyl (C=O) groups is 2. The summed E-state index contributed by atoms with van der Waals surface area (Å²) in [6, 6.07) is 5.32. The van der Waals surface area contributed by atoms with Crippen LogP contribution in [0.25, 0.3) is 0 Å². The zero-order chi connectivity index (χ0) is 12.1. The van der Waals surface area contributed by atoms with E-state index in [2.05, 4.69) is 26.0 Å². The van der Waals surface area contributed by atoms with Crippen LogP contribution in [0, 0.1) is 6.92 Å². The largest absolute Gasteiger partial charge is 0.468 e. The molecule has 5 heteroatoms. The van der Waals surface area contributed by atoms with Crippen molar-refractivity contribution in [1.82, 2.24) is 5.32 Å². The number of halogens is 1. The van der Waals surface area contributed by atoms with E-state index in [1.165, 1.54) is 7.11 Å². The topological polar surface area (TPSA) is 55.4 Å². The van der Waals surface area contributed by atoms with Crippen molar-refractivity contribution in [1.29, 1.82) is 0 Å². The summed E-state index contributed by atoms with van der Waals surface area (Å²) in [5, 5.41) is 2.48. The Morgan fingerprint density at radius 3 is 2.75 bits per heavy atom. The summed E-state index contributed by atoms with van der Waals surface area (Å²) in [7, 11) is 1.28. The maximum atomic E-state index is 11.7. The molecule has 0 aromatic heterocycles. The summed E-state index contributed by atoms with van der Waals surface area (Å²) in [5.41, 5.74) is 1.38. The summed E-state index contributed by atoms with van der Waals surface area (Å²) in [5.74, 6) is -0.759. The molecule has 0 aliphatic carbocycles. The third-order valence-electron chi connectivity index (χ3n) is 2.13. The average Bonchev–Trinajstić information content (AvgIpc) is 2.29. The summed E-state index contributed by atoms with van der Waals surface area (Å²) in [4.78, 5) is 22.6. The number of benzene rings is 1. The maximum Gasteiger partial charge on any atom is 0.325 e. The first-order valence-corrected chi connectivity index (χ1v) is 5.45. The van der Waals surface area contributed by atoms with Crippen LogP contribution in [-0.4, -0.2) is 25.5 Å². The Bertz CT molecular complexity index is 418. The van der Waals surface area contributed by atoms with Crippen molar-refractivity contribution in [3.63, 3.8) is 0 Å². The Morgan fingerprint density at radius 1 is 1.44 bits per heavy atom. The van der Waals surface area contributed by atoms with Crippen LogP contribution in [-0.2, 0) is 9.53 Å². The zero-order valence-corrected chi connectivity index (χ0v) is 10.6. The highest BCUT2D eigenvalue weighted by molar-refractivity contribution is 9.10. The van der Waals surface area contributed by atoms with Crippen molar-refractivity contribution in [2.24, 2.45) is 0 Å². The van der Waals surface area contributed by atoms with E-state index in [1.807, 2.05) is 13.0 Å². The number of nitrogens with one attached hydrogen (secondary N) is 1. The van der Waals surface area contributed by atoms with E-state index in [0.717, 1.165) is 10.0 Å². The molecule has 16 heavy (non-hydrogen) atoms. The molecular formula is C11H12BrNO3. The lowest BCUT2D eigenvalue weighted by Gasteiger charge is -2.07. The van der Waals surface area contributed by atoms with Gasteiger partial charge in [0.25, 0.3) is 5.91 Å². The lowest BCUT2D eigenvalue weighted by atomic mass is 10.1. The van der Waals surface area contributed by atoms with Gasteiger partial charge in [-0.1, -0.05) is 22.0 Å². The molecule has 0 heterocycles. The second-order valence-electron chi connectivity index (χ2n) is 3.17. The molecule has 86 valence electrons. The van der Waals surface area contributed by atoms with Gasteiger partial charge in [-0.15, -0.1) is 0 Å². The van der Waals surface area contributed by atoms with E-state index in [-0.39, 0.29) is 12.5 Å². The third-order valence-corrected chi connectivity index (χ3v) is 2.99. The van der Waals surface area contributed by atoms with E-state index in [1.54, 1.807) is 12.1 Å². The molecule has 0 fully saturated rings. The monoisotopic (exact) mass is 285 g/mol. The van der Waals surface area contributed by atoms with Gasteiger partial charge in [-0.05, 0) is 24.6 Å². The van der Waals surface area contributed by atoms with E-state index < -0.39 is 5.97 Å². The Kier molecular flexibility index (Phi) is 4.49. The minimum absolute atomic E-state index is 0.124. The summed E-state index contributed by atoms with van der Waals surface area (Å²) in [6.07, 6.45) is 0. The molecule has 0 aliphatic rings. The highest BCUT2D eigenvalue weighted by Crippen LogP contribution is 2.19. The Hall–Kier alpha value is -1.36. The molecule has 0 spiro atoms. The number of rotatable bonds is 3. The van der Waals surface area contributed by atoms with Gasteiger partial charge in [0.15, 0.2) is 0 Å². The van der Waals surface area contributed by atoms with Gasteiger partial charge >= 0.3 is 5.97 Å². The quantitative estimate of drug-likeness (QED) is 0.860. The van der Waals surface area contributed by atoms with Crippen molar-refractivity contribution < 1.29 is 14.3 Å². The Balaban J connectivity index is 2.74.